The number of hydrogen-bond acceptors (Lipinski definition) is 0. The maximum absolute atomic E-state index is 2.42. The van der Waals surface area contributed by atoms with Crippen LogP contribution in [0.5, 0.6) is 0 Å². The van der Waals surface area contributed by atoms with Crippen molar-refractivity contribution in [2.24, 2.45) is 0 Å². The number of hydrogen-bond donors (Lipinski definition) is 0. The molecule has 0 aliphatic carbocycles. The molecule has 1 unspecified atom stereocenters. The van der Waals surface area contributed by atoms with Gasteiger partial charge >= 0.3 is 0 Å². The van der Waals surface area contributed by atoms with E-state index in [0.717, 1.165) is 0 Å². The van der Waals surface area contributed by atoms with Crippen LogP contribution in [0.15, 0.2) is 0 Å². The normalized spacial score (nSPS) is 12.7. The Morgan fingerprint density at radius 1 is 0.429 bits per heavy atom. The first-order valence-corrected chi connectivity index (χ1v) is 12.0. The zero-order chi connectivity index (χ0) is 15.6. The van der Waals surface area contributed by atoms with E-state index in [-0.39, 0.29) is 0 Å². The minimum atomic E-state index is 0.390. The molecule has 1 heteroatoms. The molecule has 0 aliphatic rings. The Morgan fingerprint density at radius 2 is 0.762 bits per heavy atom. The van der Waals surface area contributed by atoms with Crippen molar-refractivity contribution >= 4 is 7.92 Å². The van der Waals surface area contributed by atoms with Crippen molar-refractivity contribution in [1.29, 1.82) is 0 Å². The van der Waals surface area contributed by atoms with Crippen LogP contribution in [-0.4, -0.2) is 18.5 Å². The maximum Gasteiger partial charge on any atom is -0.0326 e. The van der Waals surface area contributed by atoms with Crippen LogP contribution in [0, 0.1) is 0 Å². The van der Waals surface area contributed by atoms with Crippen LogP contribution >= 0.6 is 7.92 Å². The predicted molar refractivity (Wildman–Crippen MR) is 103 cm³/mol. The summed E-state index contributed by atoms with van der Waals surface area (Å²) >= 11 is 0. The van der Waals surface area contributed by atoms with Gasteiger partial charge in [0, 0.05) is 0 Å². The van der Waals surface area contributed by atoms with Crippen molar-refractivity contribution in [2.45, 2.75) is 111 Å². The molecule has 0 amide bonds. The molecule has 0 aromatic carbocycles. The Kier molecular flexibility index (Phi) is 18.9. The first-order chi connectivity index (χ1) is 10.3. The molecule has 0 bridgehead atoms. The first kappa shape index (κ1) is 21.4. The van der Waals surface area contributed by atoms with Crippen molar-refractivity contribution in [3.05, 3.63) is 0 Å². The minimum Gasteiger partial charge on any atom is -0.107 e. The van der Waals surface area contributed by atoms with Gasteiger partial charge in [0.2, 0.25) is 0 Å². The molecular weight excluding hydrogens is 271 g/mol. The third kappa shape index (κ3) is 16.6. The second kappa shape index (κ2) is 18.5. The third-order valence-electron chi connectivity index (χ3n) is 4.60. The molecule has 0 rings (SSSR count). The standard InChI is InChI=1S/C20H43P/c1-4-7-9-11-12-13-14-15-16-18-20-21(6-3)19-17-10-8-5-2/h4-20H2,1-3H3. The van der Waals surface area contributed by atoms with Crippen LogP contribution in [-0.2, 0) is 0 Å². The van der Waals surface area contributed by atoms with Gasteiger partial charge in [-0.2, -0.15) is 0 Å². The maximum atomic E-state index is 2.42. The molecule has 0 saturated heterocycles. The van der Waals surface area contributed by atoms with E-state index in [1.807, 2.05) is 0 Å². The van der Waals surface area contributed by atoms with E-state index in [9.17, 15) is 0 Å². The summed E-state index contributed by atoms with van der Waals surface area (Å²) in [6.45, 7) is 7.03. The van der Waals surface area contributed by atoms with E-state index in [1.54, 1.807) is 12.3 Å². The molecule has 0 aliphatic heterocycles. The molecule has 0 heterocycles. The molecule has 0 nitrogen and oxygen atoms in total. The Morgan fingerprint density at radius 3 is 1.14 bits per heavy atom. The third-order valence-corrected chi connectivity index (χ3v) is 7.39. The van der Waals surface area contributed by atoms with Gasteiger partial charge < -0.3 is 0 Å². The lowest BCUT2D eigenvalue weighted by atomic mass is 10.1. The molecule has 0 N–H and O–H groups in total. The molecule has 0 radical (unpaired) electrons. The highest BCUT2D eigenvalue weighted by atomic mass is 31.1. The highest BCUT2D eigenvalue weighted by Crippen LogP contribution is 2.37. The Balaban J connectivity index is 3.23. The van der Waals surface area contributed by atoms with Crippen LogP contribution in [0.2, 0.25) is 0 Å². The lowest BCUT2D eigenvalue weighted by Gasteiger charge is -2.15. The summed E-state index contributed by atoms with van der Waals surface area (Å²) in [5.41, 5.74) is 0. The molecule has 0 saturated carbocycles. The monoisotopic (exact) mass is 314 g/mol. The van der Waals surface area contributed by atoms with Gasteiger partial charge in [0.05, 0.1) is 0 Å². The molecule has 1 atom stereocenters. The fourth-order valence-electron chi connectivity index (χ4n) is 3.01. The van der Waals surface area contributed by atoms with Gasteiger partial charge in [-0.3, -0.25) is 0 Å². The molecule has 21 heavy (non-hydrogen) atoms. The highest BCUT2D eigenvalue weighted by Gasteiger charge is 2.04. The van der Waals surface area contributed by atoms with Gasteiger partial charge in [-0.1, -0.05) is 97.8 Å². The predicted octanol–water partition coefficient (Wildman–Crippen LogP) is 7.99. The zero-order valence-corrected chi connectivity index (χ0v) is 16.4. The summed E-state index contributed by atoms with van der Waals surface area (Å²) in [5, 5.41) is 0. The lowest BCUT2D eigenvalue weighted by Crippen LogP contribution is -1.94. The summed E-state index contributed by atoms with van der Waals surface area (Å²) in [4.78, 5) is 0. The van der Waals surface area contributed by atoms with Gasteiger partial charge in [-0.15, -0.1) is 7.92 Å². The van der Waals surface area contributed by atoms with Crippen molar-refractivity contribution in [2.75, 3.05) is 18.5 Å². The van der Waals surface area contributed by atoms with Crippen molar-refractivity contribution in [3.63, 3.8) is 0 Å². The minimum absolute atomic E-state index is 0.390. The van der Waals surface area contributed by atoms with E-state index in [4.69, 9.17) is 0 Å². The van der Waals surface area contributed by atoms with E-state index >= 15 is 0 Å². The second-order valence-electron chi connectivity index (χ2n) is 6.68. The summed E-state index contributed by atoms with van der Waals surface area (Å²) in [7, 11) is 0.390. The average Bonchev–Trinajstić information content (AvgIpc) is 2.51. The summed E-state index contributed by atoms with van der Waals surface area (Å²) in [6, 6.07) is 0. The van der Waals surface area contributed by atoms with Gasteiger partial charge in [0.25, 0.3) is 0 Å². The Hall–Kier alpha value is 0.430. The Labute approximate surface area is 137 Å². The van der Waals surface area contributed by atoms with E-state index in [1.165, 1.54) is 96.1 Å². The fourth-order valence-corrected chi connectivity index (χ4v) is 5.21. The van der Waals surface area contributed by atoms with Gasteiger partial charge in [0.1, 0.15) is 0 Å². The fraction of sp³-hybridized carbons (Fsp3) is 1.00. The SMILES string of the molecule is CCCCCCCCCCCCP(CC)CCCCCC. The zero-order valence-electron chi connectivity index (χ0n) is 15.5. The molecule has 0 aromatic heterocycles. The van der Waals surface area contributed by atoms with Gasteiger partial charge in [-0.25, -0.2) is 0 Å². The van der Waals surface area contributed by atoms with Crippen LogP contribution in [0.4, 0.5) is 0 Å². The van der Waals surface area contributed by atoms with Crippen LogP contribution in [0.3, 0.4) is 0 Å². The van der Waals surface area contributed by atoms with Crippen molar-refractivity contribution < 1.29 is 0 Å². The highest BCUT2D eigenvalue weighted by molar-refractivity contribution is 7.57. The van der Waals surface area contributed by atoms with Crippen LogP contribution < -0.4 is 0 Å². The van der Waals surface area contributed by atoms with Gasteiger partial charge in [0.15, 0.2) is 0 Å². The van der Waals surface area contributed by atoms with Crippen molar-refractivity contribution in [3.8, 4) is 0 Å². The number of rotatable bonds is 17. The van der Waals surface area contributed by atoms with Crippen LogP contribution in [0.25, 0.3) is 0 Å². The number of unbranched alkanes of at least 4 members (excludes halogenated alkanes) is 12. The first-order valence-electron chi connectivity index (χ1n) is 10.1. The second-order valence-corrected chi connectivity index (χ2v) is 9.55. The Bertz CT molecular complexity index is 179. The van der Waals surface area contributed by atoms with Crippen molar-refractivity contribution in [1.82, 2.24) is 0 Å². The molecule has 0 fully saturated rings. The van der Waals surface area contributed by atoms with E-state index < -0.39 is 0 Å². The molecular formula is C20H43P. The molecule has 0 aromatic rings. The topological polar surface area (TPSA) is 0 Å². The summed E-state index contributed by atoms with van der Waals surface area (Å²) < 4.78 is 0. The average molecular weight is 315 g/mol. The largest absolute Gasteiger partial charge is 0.107 e. The molecule has 128 valence electrons. The van der Waals surface area contributed by atoms with E-state index in [2.05, 4.69) is 20.8 Å². The quantitative estimate of drug-likeness (QED) is 0.188. The summed E-state index contributed by atoms with van der Waals surface area (Å²) in [5.74, 6) is 0. The van der Waals surface area contributed by atoms with E-state index in [0.29, 0.717) is 7.92 Å². The van der Waals surface area contributed by atoms with Crippen LogP contribution in [0.1, 0.15) is 111 Å². The van der Waals surface area contributed by atoms with Gasteiger partial charge in [-0.05, 0) is 31.3 Å². The molecule has 0 spiro atoms. The smallest absolute Gasteiger partial charge is 0.0326 e. The summed E-state index contributed by atoms with van der Waals surface area (Å²) in [6.07, 6.45) is 25.2. The lowest BCUT2D eigenvalue weighted by molar-refractivity contribution is 0.562.